The monoisotopic (exact) mass is 412 g/mol. The van der Waals surface area contributed by atoms with Gasteiger partial charge in [0.1, 0.15) is 0 Å². The molecule has 0 spiro atoms. The van der Waals surface area contributed by atoms with E-state index in [2.05, 4.69) is 41.2 Å². The minimum absolute atomic E-state index is 0.0333. The van der Waals surface area contributed by atoms with Crippen LogP contribution in [0.4, 0.5) is 0 Å². The predicted octanol–water partition coefficient (Wildman–Crippen LogP) is 8.09. The minimum atomic E-state index is -0.0333. The van der Waals surface area contributed by atoms with Crippen molar-refractivity contribution in [1.29, 1.82) is 0 Å². The molecule has 3 saturated carbocycles. The molecule has 0 aromatic heterocycles. The molecule has 0 amide bonds. The van der Waals surface area contributed by atoms with Crippen LogP contribution >= 0.6 is 0 Å². The fraction of sp³-hybridized carbons (Fsp3) is 0.862. The van der Waals surface area contributed by atoms with Crippen molar-refractivity contribution in [3.05, 3.63) is 23.3 Å². The van der Waals surface area contributed by atoms with Crippen LogP contribution in [-0.2, 0) is 0 Å². The Morgan fingerprint density at radius 3 is 2.57 bits per heavy atom. The van der Waals surface area contributed by atoms with Crippen molar-refractivity contribution < 1.29 is 5.11 Å². The van der Waals surface area contributed by atoms with E-state index >= 15 is 0 Å². The van der Waals surface area contributed by atoms with Gasteiger partial charge in [-0.15, -0.1) is 0 Å². The Labute approximate surface area is 186 Å². The quantitative estimate of drug-likeness (QED) is 0.437. The molecule has 0 bridgehead atoms. The number of fused-ring (bicyclic) bond motifs is 4. The third-order valence-electron chi connectivity index (χ3n) is 10.9. The highest BCUT2D eigenvalue weighted by Gasteiger charge is 2.55. The molecule has 4 aliphatic carbocycles. The molecular weight excluding hydrogens is 364 g/mol. The van der Waals surface area contributed by atoms with Crippen LogP contribution in [0.1, 0.15) is 112 Å². The molecule has 0 aliphatic heterocycles. The van der Waals surface area contributed by atoms with Crippen LogP contribution in [-0.4, -0.2) is 11.2 Å². The second-order valence-corrected chi connectivity index (χ2v) is 12.3. The lowest BCUT2D eigenvalue weighted by molar-refractivity contribution is -0.0381. The molecular formula is C29H48O. The van der Waals surface area contributed by atoms with Crippen molar-refractivity contribution in [2.75, 3.05) is 0 Å². The van der Waals surface area contributed by atoms with E-state index < -0.39 is 0 Å². The zero-order chi connectivity index (χ0) is 21.7. The number of hydrogen-bond acceptors (Lipinski definition) is 1. The van der Waals surface area contributed by atoms with Gasteiger partial charge >= 0.3 is 0 Å². The molecule has 4 aliphatic rings. The number of hydrogen-bond donors (Lipinski definition) is 1. The van der Waals surface area contributed by atoms with E-state index in [9.17, 15) is 5.11 Å². The Kier molecular flexibility index (Phi) is 6.35. The van der Waals surface area contributed by atoms with Crippen molar-refractivity contribution in [2.45, 2.75) is 118 Å². The van der Waals surface area contributed by atoms with E-state index in [0.29, 0.717) is 16.7 Å². The molecule has 8 atom stereocenters. The molecule has 4 rings (SSSR count). The fourth-order valence-corrected chi connectivity index (χ4v) is 8.88. The van der Waals surface area contributed by atoms with Crippen LogP contribution in [0.2, 0.25) is 0 Å². The first-order chi connectivity index (χ1) is 14.2. The molecule has 1 unspecified atom stereocenters. The Hall–Kier alpha value is -0.560. The molecule has 1 N–H and O–H groups in total. The fourth-order valence-electron chi connectivity index (χ4n) is 8.88. The maximum atomic E-state index is 10.3. The van der Waals surface area contributed by atoms with Gasteiger partial charge in [0.25, 0.3) is 0 Å². The van der Waals surface area contributed by atoms with E-state index in [1.807, 2.05) is 11.1 Å². The average molecular weight is 413 g/mol. The highest BCUT2D eigenvalue weighted by atomic mass is 16.3. The van der Waals surface area contributed by atoms with Crippen LogP contribution < -0.4 is 0 Å². The van der Waals surface area contributed by atoms with E-state index in [1.54, 1.807) is 0 Å². The Bertz CT molecular complexity index is 688. The maximum Gasteiger partial charge on any atom is 0.0543 e. The first kappa shape index (κ1) is 22.6. The third-order valence-corrected chi connectivity index (χ3v) is 10.9. The molecule has 0 heterocycles. The van der Waals surface area contributed by atoms with Crippen molar-refractivity contribution in [2.24, 2.45) is 40.4 Å². The van der Waals surface area contributed by atoms with Gasteiger partial charge in [-0.2, -0.15) is 0 Å². The summed E-state index contributed by atoms with van der Waals surface area (Å²) in [6.07, 6.45) is 15.5. The Morgan fingerprint density at radius 1 is 1.10 bits per heavy atom. The molecule has 3 fully saturated rings. The highest BCUT2D eigenvalue weighted by molar-refractivity contribution is 5.34. The first-order valence-electron chi connectivity index (χ1n) is 13.3. The van der Waals surface area contributed by atoms with Crippen LogP contribution in [0.5, 0.6) is 0 Å². The molecule has 1 nitrogen and oxygen atoms in total. The van der Waals surface area contributed by atoms with Gasteiger partial charge in [0, 0.05) is 0 Å². The van der Waals surface area contributed by atoms with E-state index in [4.69, 9.17) is 0 Å². The van der Waals surface area contributed by atoms with Crippen LogP contribution in [0.3, 0.4) is 0 Å². The number of allylic oxidation sites excluding steroid dienone is 3. The topological polar surface area (TPSA) is 20.2 Å². The minimum Gasteiger partial charge on any atom is -0.393 e. The lowest BCUT2D eigenvalue weighted by atomic mass is 9.49. The summed E-state index contributed by atoms with van der Waals surface area (Å²) in [5.41, 5.74) is 6.12. The van der Waals surface area contributed by atoms with Gasteiger partial charge in [-0.05, 0) is 124 Å². The molecule has 30 heavy (non-hydrogen) atoms. The maximum absolute atomic E-state index is 10.3. The molecule has 0 aromatic rings. The van der Waals surface area contributed by atoms with Gasteiger partial charge in [-0.25, -0.2) is 0 Å². The summed E-state index contributed by atoms with van der Waals surface area (Å²) >= 11 is 0. The average Bonchev–Trinajstić information content (AvgIpc) is 3.06. The number of aliphatic hydroxyl groups excluding tert-OH is 1. The van der Waals surface area contributed by atoms with Crippen LogP contribution in [0.15, 0.2) is 23.3 Å². The lowest BCUT2D eigenvalue weighted by Crippen LogP contribution is -2.48. The number of aliphatic hydroxyl groups is 1. The van der Waals surface area contributed by atoms with Gasteiger partial charge in [0.05, 0.1) is 6.10 Å². The van der Waals surface area contributed by atoms with Crippen molar-refractivity contribution in [3.63, 3.8) is 0 Å². The second kappa shape index (κ2) is 8.42. The second-order valence-electron chi connectivity index (χ2n) is 12.3. The summed E-state index contributed by atoms with van der Waals surface area (Å²) in [7, 11) is 0. The normalized spacial score (nSPS) is 42.9. The summed E-state index contributed by atoms with van der Waals surface area (Å²) in [5.74, 6) is 3.99. The van der Waals surface area contributed by atoms with Crippen molar-refractivity contribution in [1.82, 2.24) is 0 Å². The lowest BCUT2D eigenvalue weighted by Gasteiger charge is -2.56. The molecule has 0 aromatic carbocycles. The van der Waals surface area contributed by atoms with Crippen LogP contribution in [0, 0.1) is 40.4 Å². The van der Waals surface area contributed by atoms with Crippen molar-refractivity contribution in [3.8, 4) is 0 Å². The summed E-state index contributed by atoms with van der Waals surface area (Å²) in [5, 5.41) is 10.3. The van der Waals surface area contributed by atoms with Gasteiger partial charge in [0.15, 0.2) is 0 Å². The molecule has 1 heteroatoms. The van der Waals surface area contributed by atoms with Gasteiger partial charge in [-0.1, -0.05) is 51.0 Å². The summed E-state index contributed by atoms with van der Waals surface area (Å²) in [6.45, 7) is 16.6. The summed E-state index contributed by atoms with van der Waals surface area (Å²) in [6, 6.07) is 0. The zero-order valence-corrected chi connectivity index (χ0v) is 20.6. The van der Waals surface area contributed by atoms with E-state index in [1.165, 1.54) is 69.8 Å². The Balaban J connectivity index is 1.52. The van der Waals surface area contributed by atoms with E-state index in [-0.39, 0.29) is 6.10 Å². The van der Waals surface area contributed by atoms with Gasteiger partial charge < -0.3 is 5.11 Å². The largest absolute Gasteiger partial charge is 0.393 e. The molecule has 170 valence electrons. The molecule has 0 radical (unpaired) electrons. The third kappa shape index (κ3) is 3.66. The van der Waals surface area contributed by atoms with Crippen LogP contribution in [0.25, 0.3) is 0 Å². The SMILES string of the molecule is C=C(C)[C@@H](CC)CC[C@@H](C)[C@H]1CCC2=C3CCC4C[C@@H](O)CC[C@]4(C)[C@H]3CC[C@@]21C. The van der Waals surface area contributed by atoms with Gasteiger partial charge in [-0.3, -0.25) is 0 Å². The zero-order valence-electron chi connectivity index (χ0n) is 20.6. The standard InChI is InChI=1S/C29H48O/c1-7-21(19(2)3)9-8-20(4)25-12-13-26-24-11-10-22-18-23(30)14-16-28(22,5)27(24)15-17-29(25,26)6/h20-23,25,27,30H,2,7-18H2,1,3-6H3/t20-,21+,22?,23+,25-,27+,28+,29-/m1/s1. The smallest absolute Gasteiger partial charge is 0.0543 e. The summed E-state index contributed by atoms with van der Waals surface area (Å²) in [4.78, 5) is 0. The predicted molar refractivity (Wildman–Crippen MR) is 128 cm³/mol. The van der Waals surface area contributed by atoms with Crippen molar-refractivity contribution >= 4 is 0 Å². The first-order valence-corrected chi connectivity index (χ1v) is 13.3. The number of rotatable bonds is 6. The summed E-state index contributed by atoms with van der Waals surface area (Å²) < 4.78 is 0. The Morgan fingerprint density at radius 2 is 1.87 bits per heavy atom. The van der Waals surface area contributed by atoms with E-state index in [0.717, 1.165) is 36.5 Å². The molecule has 0 saturated heterocycles. The van der Waals surface area contributed by atoms with Gasteiger partial charge in [0.2, 0.25) is 0 Å². The highest BCUT2D eigenvalue weighted by Crippen LogP contribution is 2.65.